The highest BCUT2D eigenvalue weighted by molar-refractivity contribution is 6.33. The largest absolute Gasteiger partial charge is 0.458 e. The first-order valence-corrected chi connectivity index (χ1v) is 8.32. The van der Waals surface area contributed by atoms with Crippen LogP contribution in [-0.2, 0) is 4.74 Å². The van der Waals surface area contributed by atoms with E-state index in [1.165, 1.54) is 18.2 Å². The molecule has 0 radical (unpaired) electrons. The highest BCUT2D eigenvalue weighted by Gasteiger charge is 2.34. The highest BCUT2D eigenvalue weighted by Crippen LogP contribution is 2.36. The molecule has 1 aliphatic carbocycles. The van der Waals surface area contributed by atoms with Gasteiger partial charge in [0.15, 0.2) is 0 Å². The molecule has 0 amide bonds. The molecule has 1 aromatic carbocycles. The lowest BCUT2D eigenvalue weighted by atomic mass is 9.75. The fourth-order valence-electron chi connectivity index (χ4n) is 3.23. The van der Waals surface area contributed by atoms with Crippen LogP contribution in [0.3, 0.4) is 0 Å². The summed E-state index contributed by atoms with van der Waals surface area (Å²) in [7, 11) is 0. The van der Waals surface area contributed by atoms with Crippen molar-refractivity contribution in [1.29, 1.82) is 0 Å². The minimum atomic E-state index is -0.543. The van der Waals surface area contributed by atoms with Crippen LogP contribution in [-0.4, -0.2) is 17.0 Å². The molecule has 0 aliphatic heterocycles. The zero-order valence-corrected chi connectivity index (χ0v) is 14.4. The van der Waals surface area contributed by atoms with E-state index in [2.05, 4.69) is 20.8 Å². The second-order valence-electron chi connectivity index (χ2n) is 6.69. The van der Waals surface area contributed by atoms with Gasteiger partial charge in [0.2, 0.25) is 0 Å². The monoisotopic (exact) mass is 339 g/mol. The number of hydrogen-bond donors (Lipinski definition) is 0. The zero-order valence-electron chi connectivity index (χ0n) is 13.6. The molecule has 0 aromatic heterocycles. The Kier molecular flexibility index (Phi) is 5.63. The molecule has 1 saturated carbocycles. The van der Waals surface area contributed by atoms with E-state index in [1.54, 1.807) is 0 Å². The average Bonchev–Trinajstić information content (AvgIpc) is 2.46. The minimum absolute atomic E-state index is 0.0501. The van der Waals surface area contributed by atoms with Crippen LogP contribution in [0.25, 0.3) is 0 Å². The second-order valence-corrected chi connectivity index (χ2v) is 7.10. The number of nitro benzene ring substituents is 1. The third-order valence-corrected chi connectivity index (χ3v) is 4.92. The van der Waals surface area contributed by atoms with Crippen LogP contribution in [0.15, 0.2) is 18.2 Å². The molecule has 2 rings (SSSR count). The number of hydrogen-bond acceptors (Lipinski definition) is 4. The predicted molar refractivity (Wildman–Crippen MR) is 88.7 cm³/mol. The van der Waals surface area contributed by atoms with Gasteiger partial charge in [-0.15, -0.1) is 0 Å². The molecule has 6 heteroatoms. The van der Waals surface area contributed by atoms with E-state index < -0.39 is 10.9 Å². The SMILES string of the molecule is CC1CCC(C(C)C)C(OC(=O)c2ccc([N+](=O)[O-])cc2Cl)C1. The summed E-state index contributed by atoms with van der Waals surface area (Å²) in [6.07, 6.45) is 2.91. The maximum absolute atomic E-state index is 12.4. The molecule has 0 heterocycles. The van der Waals surface area contributed by atoms with E-state index in [0.29, 0.717) is 17.8 Å². The Morgan fingerprint density at radius 2 is 2.09 bits per heavy atom. The van der Waals surface area contributed by atoms with Gasteiger partial charge >= 0.3 is 5.97 Å². The summed E-state index contributed by atoms with van der Waals surface area (Å²) in [6, 6.07) is 3.81. The van der Waals surface area contributed by atoms with Crippen LogP contribution in [0.1, 0.15) is 50.4 Å². The van der Waals surface area contributed by atoms with E-state index in [9.17, 15) is 14.9 Å². The van der Waals surface area contributed by atoms with Crippen molar-refractivity contribution in [3.05, 3.63) is 38.9 Å². The molecular weight excluding hydrogens is 318 g/mol. The van der Waals surface area contributed by atoms with Crippen LogP contribution in [0.5, 0.6) is 0 Å². The lowest BCUT2D eigenvalue weighted by Gasteiger charge is -2.36. The lowest BCUT2D eigenvalue weighted by molar-refractivity contribution is -0.384. The smallest absolute Gasteiger partial charge is 0.339 e. The van der Waals surface area contributed by atoms with Crippen molar-refractivity contribution < 1.29 is 14.5 Å². The molecule has 1 aromatic rings. The number of esters is 1. The average molecular weight is 340 g/mol. The van der Waals surface area contributed by atoms with Gasteiger partial charge in [-0.2, -0.15) is 0 Å². The Labute approximate surface area is 141 Å². The molecule has 1 fully saturated rings. The third-order valence-electron chi connectivity index (χ3n) is 4.60. The Balaban J connectivity index is 2.15. The molecule has 0 spiro atoms. The van der Waals surface area contributed by atoms with Gasteiger partial charge in [-0.1, -0.05) is 38.8 Å². The summed E-state index contributed by atoms with van der Waals surface area (Å²) >= 11 is 6.01. The van der Waals surface area contributed by atoms with Crippen LogP contribution >= 0.6 is 11.6 Å². The standard InChI is InChI=1S/C17H22ClNO4/c1-10(2)13-6-4-11(3)8-16(13)23-17(20)14-7-5-12(19(21)22)9-15(14)18/h5,7,9-11,13,16H,4,6,8H2,1-3H3. The van der Waals surface area contributed by atoms with Gasteiger partial charge in [-0.25, -0.2) is 4.79 Å². The van der Waals surface area contributed by atoms with Gasteiger partial charge in [0.25, 0.3) is 5.69 Å². The molecule has 3 unspecified atom stereocenters. The van der Waals surface area contributed by atoms with E-state index >= 15 is 0 Å². The summed E-state index contributed by atoms with van der Waals surface area (Å²) in [5.74, 6) is 0.796. The maximum Gasteiger partial charge on any atom is 0.339 e. The van der Waals surface area contributed by atoms with Gasteiger partial charge in [-0.05, 0) is 36.7 Å². The number of non-ortho nitro benzene ring substituents is 1. The number of halogens is 1. The first kappa shape index (κ1) is 17.7. The van der Waals surface area contributed by atoms with E-state index in [1.807, 2.05) is 0 Å². The molecule has 0 N–H and O–H groups in total. The number of carbonyl (C=O) groups excluding carboxylic acids is 1. The topological polar surface area (TPSA) is 69.4 Å². The molecule has 3 atom stereocenters. The number of rotatable bonds is 4. The van der Waals surface area contributed by atoms with Gasteiger partial charge in [-0.3, -0.25) is 10.1 Å². The summed E-state index contributed by atoms with van der Waals surface area (Å²) in [5.41, 5.74) is 0.0379. The number of benzene rings is 1. The minimum Gasteiger partial charge on any atom is -0.458 e. The Bertz CT molecular complexity index is 602. The van der Waals surface area contributed by atoms with Gasteiger partial charge < -0.3 is 4.74 Å². The number of nitro groups is 1. The first-order valence-electron chi connectivity index (χ1n) is 7.94. The molecule has 1 aliphatic rings. The van der Waals surface area contributed by atoms with Crippen LogP contribution < -0.4 is 0 Å². The van der Waals surface area contributed by atoms with Crippen molar-refractivity contribution in [3.8, 4) is 0 Å². The van der Waals surface area contributed by atoms with Crippen molar-refractivity contribution in [2.24, 2.45) is 17.8 Å². The van der Waals surface area contributed by atoms with Crippen LogP contribution in [0.2, 0.25) is 5.02 Å². The number of carbonyl (C=O) groups is 1. The first-order chi connectivity index (χ1) is 10.8. The van der Waals surface area contributed by atoms with Crippen molar-refractivity contribution in [1.82, 2.24) is 0 Å². The fourth-order valence-corrected chi connectivity index (χ4v) is 3.49. The molecule has 23 heavy (non-hydrogen) atoms. The summed E-state index contributed by atoms with van der Waals surface area (Å²) in [6.45, 7) is 6.44. The second kappa shape index (κ2) is 7.30. The number of nitrogens with zero attached hydrogens (tertiary/aromatic N) is 1. The van der Waals surface area contributed by atoms with Crippen molar-refractivity contribution in [2.75, 3.05) is 0 Å². The van der Waals surface area contributed by atoms with E-state index in [0.717, 1.165) is 19.3 Å². The fraction of sp³-hybridized carbons (Fsp3) is 0.588. The number of ether oxygens (including phenoxy) is 1. The Morgan fingerprint density at radius 3 is 2.65 bits per heavy atom. The lowest BCUT2D eigenvalue weighted by Crippen LogP contribution is -2.35. The maximum atomic E-state index is 12.4. The zero-order chi connectivity index (χ0) is 17.1. The van der Waals surface area contributed by atoms with Crippen molar-refractivity contribution in [2.45, 2.75) is 46.1 Å². The van der Waals surface area contributed by atoms with Gasteiger partial charge in [0.05, 0.1) is 15.5 Å². The van der Waals surface area contributed by atoms with E-state index in [-0.39, 0.29) is 22.4 Å². The Hall–Kier alpha value is -1.62. The van der Waals surface area contributed by atoms with Crippen LogP contribution in [0.4, 0.5) is 5.69 Å². The van der Waals surface area contributed by atoms with Gasteiger partial charge in [0.1, 0.15) is 6.10 Å². The molecule has 126 valence electrons. The molecule has 0 bridgehead atoms. The van der Waals surface area contributed by atoms with Gasteiger partial charge in [0, 0.05) is 12.1 Å². The molecule has 5 nitrogen and oxygen atoms in total. The Morgan fingerprint density at radius 1 is 1.39 bits per heavy atom. The highest BCUT2D eigenvalue weighted by atomic mass is 35.5. The van der Waals surface area contributed by atoms with Crippen LogP contribution in [0, 0.1) is 27.9 Å². The molecular formula is C17H22ClNO4. The van der Waals surface area contributed by atoms with E-state index in [4.69, 9.17) is 16.3 Å². The van der Waals surface area contributed by atoms with Crippen molar-refractivity contribution >= 4 is 23.3 Å². The predicted octanol–water partition coefficient (Wildman–Crippen LogP) is 4.87. The normalized spacial score (nSPS) is 24.5. The summed E-state index contributed by atoms with van der Waals surface area (Å²) < 4.78 is 5.71. The van der Waals surface area contributed by atoms with Crippen molar-refractivity contribution in [3.63, 3.8) is 0 Å². The quantitative estimate of drug-likeness (QED) is 0.446. The molecule has 0 saturated heterocycles. The summed E-state index contributed by atoms with van der Waals surface area (Å²) in [4.78, 5) is 22.6. The summed E-state index contributed by atoms with van der Waals surface area (Å²) in [5, 5.41) is 10.8. The third kappa shape index (κ3) is 4.22.